The fourth-order valence-corrected chi connectivity index (χ4v) is 1.58. The molecule has 0 aliphatic rings. The minimum Gasteiger partial charge on any atom is -0.512 e. The number of hydrogen-bond donors (Lipinski definition) is 4. The summed E-state index contributed by atoms with van der Waals surface area (Å²) in [5.74, 6) is -1.40. The molecule has 4 N–H and O–H groups in total. The smallest absolute Gasteiger partial charge is 0.269 e. The van der Waals surface area contributed by atoms with E-state index in [1.165, 1.54) is 38.1 Å². The summed E-state index contributed by atoms with van der Waals surface area (Å²) in [5.41, 5.74) is 4.52. The number of non-ortho nitro benzene ring substituents is 1. The van der Waals surface area contributed by atoms with Gasteiger partial charge in [0.05, 0.1) is 10.5 Å². The summed E-state index contributed by atoms with van der Waals surface area (Å²) in [6.07, 6.45) is 1.02. The van der Waals surface area contributed by atoms with Gasteiger partial charge in [-0.1, -0.05) is 0 Å². The van der Waals surface area contributed by atoms with Crippen molar-refractivity contribution in [1.82, 2.24) is 10.9 Å². The Labute approximate surface area is 147 Å². The van der Waals surface area contributed by atoms with Crippen LogP contribution < -0.4 is 16.2 Å². The quantitative estimate of drug-likeness (QED) is 0.157. The van der Waals surface area contributed by atoms with Crippen LogP contribution in [0.1, 0.15) is 13.8 Å². The van der Waals surface area contributed by atoms with Gasteiger partial charge in [-0.05, 0) is 31.3 Å². The number of anilines is 1. The molecular formula is C14H15N5O5S. The van der Waals surface area contributed by atoms with Crippen LogP contribution in [-0.4, -0.2) is 33.2 Å². The monoisotopic (exact) mass is 365 g/mol. The largest absolute Gasteiger partial charge is 0.512 e. The van der Waals surface area contributed by atoms with E-state index >= 15 is 0 Å². The molecule has 0 atom stereocenters. The second-order valence-corrected chi connectivity index (χ2v) is 5.01. The molecule has 10 nitrogen and oxygen atoms in total. The molecule has 1 aromatic carbocycles. The maximum Gasteiger partial charge on any atom is 0.269 e. The van der Waals surface area contributed by atoms with Crippen LogP contribution in [0.25, 0.3) is 0 Å². The first-order valence-electron chi connectivity index (χ1n) is 6.77. The number of benzene rings is 1. The Morgan fingerprint density at radius 3 is 2.32 bits per heavy atom. The molecule has 25 heavy (non-hydrogen) atoms. The van der Waals surface area contributed by atoms with Crippen LogP contribution >= 0.6 is 12.2 Å². The molecular weight excluding hydrogens is 350 g/mol. The number of nitro benzene ring substituents is 1. The van der Waals surface area contributed by atoms with Gasteiger partial charge < -0.3 is 10.4 Å². The summed E-state index contributed by atoms with van der Waals surface area (Å²) in [4.78, 5) is 36.7. The number of hydrazine groups is 1. The maximum absolute atomic E-state index is 12.2. The van der Waals surface area contributed by atoms with Gasteiger partial charge in [0.15, 0.2) is 0 Å². The van der Waals surface area contributed by atoms with Crippen molar-refractivity contribution in [3.8, 4) is 0 Å². The number of amides is 2. The first-order valence-corrected chi connectivity index (χ1v) is 7.17. The molecule has 0 aliphatic heterocycles. The van der Waals surface area contributed by atoms with Crippen LogP contribution in [0, 0.1) is 10.1 Å². The van der Waals surface area contributed by atoms with Gasteiger partial charge in [0, 0.05) is 31.0 Å². The molecule has 0 unspecified atom stereocenters. The third kappa shape index (κ3) is 6.74. The van der Waals surface area contributed by atoms with Gasteiger partial charge in [-0.15, -0.1) is 0 Å². The number of nitro groups is 1. The first-order chi connectivity index (χ1) is 11.7. The number of aliphatic hydroxyl groups excluding tert-OH is 1. The fraction of sp³-hybridized carbons (Fsp3) is 0.143. The lowest BCUT2D eigenvalue weighted by Crippen LogP contribution is -2.38. The van der Waals surface area contributed by atoms with Gasteiger partial charge in [-0.2, -0.15) is 0 Å². The normalized spacial score (nSPS) is 11.4. The van der Waals surface area contributed by atoms with E-state index in [2.05, 4.69) is 21.2 Å². The minimum atomic E-state index is -0.695. The van der Waals surface area contributed by atoms with E-state index < -0.39 is 10.8 Å². The Morgan fingerprint density at radius 1 is 1.24 bits per heavy atom. The third-order valence-electron chi connectivity index (χ3n) is 2.63. The molecule has 1 rings (SSSR count). The molecule has 0 radical (unpaired) electrons. The van der Waals surface area contributed by atoms with Crippen LogP contribution in [0.2, 0.25) is 0 Å². The summed E-state index contributed by atoms with van der Waals surface area (Å²) in [6.45, 7) is 2.54. The van der Waals surface area contributed by atoms with E-state index in [1.807, 2.05) is 0 Å². The highest BCUT2D eigenvalue weighted by Crippen LogP contribution is 2.16. The zero-order valence-corrected chi connectivity index (χ0v) is 14.1. The van der Waals surface area contributed by atoms with E-state index in [4.69, 9.17) is 12.2 Å². The van der Waals surface area contributed by atoms with Gasteiger partial charge in [0.2, 0.25) is 11.0 Å². The van der Waals surface area contributed by atoms with Crippen LogP contribution in [0.5, 0.6) is 0 Å². The molecule has 0 bridgehead atoms. The molecule has 0 spiro atoms. The highest BCUT2D eigenvalue weighted by molar-refractivity contribution is 7.80. The van der Waals surface area contributed by atoms with Crippen LogP contribution in [0.3, 0.4) is 0 Å². The number of aliphatic imine (C=N–C) groups is 1. The van der Waals surface area contributed by atoms with Crippen molar-refractivity contribution < 1.29 is 19.6 Å². The molecule has 132 valence electrons. The zero-order valence-electron chi connectivity index (χ0n) is 13.3. The second-order valence-electron chi connectivity index (χ2n) is 4.63. The van der Waals surface area contributed by atoms with Crippen LogP contribution in [0.15, 0.2) is 40.6 Å². The summed E-state index contributed by atoms with van der Waals surface area (Å²) in [6, 6.07) is 5.15. The van der Waals surface area contributed by atoms with Crippen molar-refractivity contribution in [1.29, 1.82) is 0 Å². The molecule has 2 amide bonds. The third-order valence-corrected chi connectivity index (χ3v) is 2.83. The van der Waals surface area contributed by atoms with E-state index in [1.54, 1.807) is 0 Å². The predicted octanol–water partition coefficient (Wildman–Crippen LogP) is 1.36. The molecule has 0 saturated heterocycles. The van der Waals surface area contributed by atoms with Crippen molar-refractivity contribution in [3.63, 3.8) is 0 Å². The lowest BCUT2D eigenvalue weighted by Gasteiger charge is -2.07. The first kappa shape index (κ1) is 19.7. The molecule has 11 heteroatoms. The average molecular weight is 365 g/mol. The number of thiocarbonyl (C=S) groups is 1. The Bertz CT molecular complexity index is 753. The van der Waals surface area contributed by atoms with Crippen molar-refractivity contribution in [2.75, 3.05) is 5.32 Å². The van der Waals surface area contributed by atoms with E-state index in [0.717, 1.165) is 6.21 Å². The predicted molar refractivity (Wildman–Crippen MR) is 95.1 cm³/mol. The van der Waals surface area contributed by atoms with E-state index in [-0.39, 0.29) is 28.0 Å². The van der Waals surface area contributed by atoms with Gasteiger partial charge in [0.25, 0.3) is 11.6 Å². The van der Waals surface area contributed by atoms with Crippen molar-refractivity contribution in [3.05, 3.63) is 45.7 Å². The van der Waals surface area contributed by atoms with Gasteiger partial charge in [0.1, 0.15) is 5.76 Å². The number of aliphatic hydroxyl groups is 1. The minimum absolute atomic E-state index is 0.122. The topological polar surface area (TPSA) is 146 Å². The van der Waals surface area contributed by atoms with Crippen molar-refractivity contribution in [2.45, 2.75) is 13.8 Å². The SMILES string of the molecule is CC(=O)NNC(=S)N=CC(C(=O)Nc1ccc([N+](=O)[O-])cc1)=C(C)O. The highest BCUT2D eigenvalue weighted by Gasteiger charge is 2.13. The number of nitrogens with one attached hydrogen (secondary N) is 3. The van der Waals surface area contributed by atoms with Gasteiger partial charge in [-0.25, -0.2) is 4.99 Å². The lowest BCUT2D eigenvalue weighted by molar-refractivity contribution is -0.384. The number of allylic oxidation sites excluding steroid dienone is 1. The van der Waals surface area contributed by atoms with Crippen molar-refractivity contribution >= 4 is 46.7 Å². The number of rotatable bonds is 4. The summed E-state index contributed by atoms with van der Waals surface area (Å²) in [5, 5.41) is 22.5. The maximum atomic E-state index is 12.2. The van der Waals surface area contributed by atoms with Crippen molar-refractivity contribution in [2.24, 2.45) is 4.99 Å². The molecule has 0 fully saturated rings. The number of carbonyl (C=O) groups excluding carboxylic acids is 2. The van der Waals surface area contributed by atoms with Crippen LogP contribution in [0.4, 0.5) is 11.4 Å². The summed E-state index contributed by atoms with van der Waals surface area (Å²) < 4.78 is 0. The fourth-order valence-electron chi connectivity index (χ4n) is 1.48. The molecule has 0 aliphatic carbocycles. The lowest BCUT2D eigenvalue weighted by atomic mass is 10.2. The zero-order chi connectivity index (χ0) is 19.0. The summed E-state index contributed by atoms with van der Waals surface area (Å²) >= 11 is 4.81. The Kier molecular flexibility index (Phi) is 7.16. The second kappa shape index (κ2) is 9.08. The van der Waals surface area contributed by atoms with E-state index in [0.29, 0.717) is 5.69 Å². The molecule has 1 aromatic rings. The Hall–Kier alpha value is -3.34. The summed E-state index contributed by atoms with van der Waals surface area (Å²) in [7, 11) is 0. The standard InChI is InChI=1S/C14H15N5O5S/c1-8(20)12(7-15-14(25)18-17-9(2)21)13(22)16-10-3-5-11(6-4-10)19(23)24/h3-7,20H,1-2H3,(H,16,22)(H,17,21)(H,18,25). The number of hydrogen-bond acceptors (Lipinski definition) is 6. The molecule has 0 aromatic heterocycles. The van der Waals surface area contributed by atoms with E-state index in [9.17, 15) is 24.8 Å². The van der Waals surface area contributed by atoms with Gasteiger partial charge >= 0.3 is 0 Å². The Balaban J connectivity index is 2.80. The average Bonchev–Trinajstić information content (AvgIpc) is 2.53. The van der Waals surface area contributed by atoms with Crippen LogP contribution in [-0.2, 0) is 9.59 Å². The molecule has 0 saturated carbocycles. The number of nitrogens with zero attached hydrogens (tertiary/aromatic N) is 2. The number of carbonyl (C=O) groups is 2. The highest BCUT2D eigenvalue weighted by atomic mass is 32.1. The molecule has 0 heterocycles. The Morgan fingerprint density at radius 2 is 1.84 bits per heavy atom. The van der Waals surface area contributed by atoms with Gasteiger partial charge in [-0.3, -0.25) is 30.6 Å².